The number of carboxylic acids is 2. The quantitative estimate of drug-likeness (QED) is 0.0470. The normalized spacial score (nSPS) is 13.1. The molecule has 2 atom stereocenters. The van der Waals surface area contributed by atoms with Crippen LogP contribution in [0.25, 0.3) is 0 Å². The average molecular weight is 793 g/mol. The Morgan fingerprint density at radius 3 is 1.04 bits per heavy atom. The van der Waals surface area contributed by atoms with Gasteiger partial charge >= 0.3 is 17.9 Å². The number of carboxylic acid groups (broad SMARTS) is 2. The van der Waals surface area contributed by atoms with E-state index in [0.29, 0.717) is 25.7 Å². The molecule has 0 bridgehead atoms. The Balaban J connectivity index is 4.83. The largest absolute Gasteiger partial charge is 0.481 e. The Bertz CT molecular complexity index is 874. The summed E-state index contributed by atoms with van der Waals surface area (Å²) in [6.45, 7) is 6.73. The molecule has 0 aliphatic carbocycles. The van der Waals surface area contributed by atoms with E-state index in [9.17, 15) is 24.6 Å². The molecule has 6 nitrogen and oxygen atoms in total. The Labute approximate surface area is 348 Å². The highest BCUT2D eigenvalue weighted by molar-refractivity contribution is 5.83. The van der Waals surface area contributed by atoms with Crippen molar-refractivity contribution in [2.75, 3.05) is 6.61 Å². The Morgan fingerprint density at radius 1 is 0.411 bits per heavy atom. The van der Waals surface area contributed by atoms with Crippen molar-refractivity contribution in [3.05, 3.63) is 0 Å². The molecule has 0 rings (SSSR count). The molecule has 0 amide bonds. The smallest absolute Gasteiger partial charge is 0.310 e. The molecule has 0 aromatic carbocycles. The van der Waals surface area contributed by atoms with E-state index in [4.69, 9.17) is 4.74 Å². The van der Waals surface area contributed by atoms with Gasteiger partial charge in [-0.2, -0.15) is 0 Å². The predicted molar refractivity (Wildman–Crippen MR) is 238 cm³/mol. The molecule has 0 aromatic rings. The summed E-state index contributed by atoms with van der Waals surface area (Å²) in [5, 5.41) is 21.1. The van der Waals surface area contributed by atoms with Gasteiger partial charge in [0.25, 0.3) is 0 Å². The van der Waals surface area contributed by atoms with Crippen LogP contribution in [0.3, 0.4) is 0 Å². The van der Waals surface area contributed by atoms with Gasteiger partial charge in [0.05, 0.1) is 17.9 Å². The van der Waals surface area contributed by atoms with E-state index >= 15 is 0 Å². The second kappa shape index (κ2) is 41.6. The number of carbonyl (C=O) groups excluding carboxylic acids is 1. The first-order chi connectivity index (χ1) is 27.4. The Kier molecular flexibility index (Phi) is 40.4. The van der Waals surface area contributed by atoms with Crippen LogP contribution < -0.4 is 0 Å². The zero-order valence-electron chi connectivity index (χ0n) is 37.8. The van der Waals surface area contributed by atoms with Crippen LogP contribution in [-0.4, -0.2) is 34.7 Å². The summed E-state index contributed by atoms with van der Waals surface area (Å²) in [5.74, 6) is -3.33. The van der Waals surface area contributed by atoms with Gasteiger partial charge < -0.3 is 14.9 Å². The van der Waals surface area contributed by atoms with Crippen molar-refractivity contribution in [1.29, 1.82) is 0 Å². The van der Waals surface area contributed by atoms with Crippen molar-refractivity contribution in [3.63, 3.8) is 0 Å². The lowest BCUT2D eigenvalue weighted by molar-refractivity contribution is -0.167. The molecule has 0 aromatic heterocycles. The molecule has 0 aliphatic rings. The second-order valence-electron chi connectivity index (χ2n) is 17.6. The SMILES string of the molecule is CCCCCCCCCCCCCCCCCCC(CCOC(=O)CCCCCCCCCCCCC)(C(=O)O)C(CCCCCCCCCCCC)C(=O)O. The predicted octanol–water partition coefficient (Wildman–Crippen LogP) is 16.4. The molecule has 0 saturated heterocycles. The van der Waals surface area contributed by atoms with Crippen LogP contribution in [-0.2, 0) is 19.1 Å². The van der Waals surface area contributed by atoms with Crippen LogP contribution in [0.5, 0.6) is 0 Å². The molecule has 56 heavy (non-hydrogen) atoms. The van der Waals surface area contributed by atoms with Crippen LogP contribution >= 0.6 is 0 Å². The van der Waals surface area contributed by atoms with E-state index in [2.05, 4.69) is 20.8 Å². The molecule has 0 saturated carbocycles. The van der Waals surface area contributed by atoms with Gasteiger partial charge in [0.1, 0.15) is 0 Å². The van der Waals surface area contributed by atoms with Gasteiger partial charge in [0.15, 0.2) is 0 Å². The third-order valence-corrected chi connectivity index (χ3v) is 12.5. The number of carbonyl (C=O) groups is 3. The van der Waals surface area contributed by atoms with E-state index in [0.717, 1.165) is 64.2 Å². The fourth-order valence-corrected chi connectivity index (χ4v) is 8.65. The first-order valence-corrected chi connectivity index (χ1v) is 25.0. The van der Waals surface area contributed by atoms with E-state index in [1.165, 1.54) is 167 Å². The lowest BCUT2D eigenvalue weighted by Gasteiger charge is -2.35. The molecule has 0 heterocycles. The van der Waals surface area contributed by atoms with Crippen LogP contribution in [0, 0.1) is 11.3 Å². The summed E-state index contributed by atoms with van der Waals surface area (Å²) in [6, 6.07) is 0. The lowest BCUT2D eigenvalue weighted by atomic mass is 9.67. The first kappa shape index (κ1) is 54.4. The topological polar surface area (TPSA) is 101 Å². The third kappa shape index (κ3) is 32.4. The van der Waals surface area contributed by atoms with Crippen molar-refractivity contribution in [2.45, 2.75) is 284 Å². The number of hydrogen-bond acceptors (Lipinski definition) is 4. The maximum absolute atomic E-state index is 13.1. The summed E-state index contributed by atoms with van der Waals surface area (Å²) in [4.78, 5) is 38.5. The number of rotatable bonds is 46. The van der Waals surface area contributed by atoms with Crippen LogP contribution in [0.4, 0.5) is 0 Å². The number of aliphatic carboxylic acids is 2. The first-order valence-electron chi connectivity index (χ1n) is 25.0. The van der Waals surface area contributed by atoms with Crippen LogP contribution in [0.2, 0.25) is 0 Å². The maximum Gasteiger partial charge on any atom is 0.310 e. The highest BCUT2D eigenvalue weighted by Crippen LogP contribution is 2.41. The minimum Gasteiger partial charge on any atom is -0.481 e. The molecule has 2 unspecified atom stereocenters. The standard InChI is InChI=1S/C50H96O6/c1-4-7-10-13-16-19-22-23-24-25-26-28-31-34-37-40-43-50(49(54)55,46(48(52)53)41-38-35-32-29-21-18-15-12-9-6-3)44-45-56-47(51)42-39-36-33-30-27-20-17-14-11-8-5-2/h46H,4-45H2,1-3H3,(H,52,53)(H,54,55). The number of unbranched alkanes of at least 4 members (excludes halogenated alkanes) is 34. The molecule has 6 heteroatoms. The molecular formula is C50H96O6. The van der Waals surface area contributed by atoms with Gasteiger partial charge in [0.2, 0.25) is 0 Å². The number of ether oxygens (including phenoxy) is 1. The number of hydrogen-bond donors (Lipinski definition) is 2. The van der Waals surface area contributed by atoms with E-state index < -0.39 is 23.3 Å². The molecular weight excluding hydrogens is 697 g/mol. The van der Waals surface area contributed by atoms with E-state index in [-0.39, 0.29) is 19.0 Å². The highest BCUT2D eigenvalue weighted by atomic mass is 16.5. The van der Waals surface area contributed by atoms with Crippen molar-refractivity contribution < 1.29 is 29.3 Å². The van der Waals surface area contributed by atoms with Gasteiger partial charge in [-0.25, -0.2) is 0 Å². The van der Waals surface area contributed by atoms with Gasteiger partial charge in [-0.15, -0.1) is 0 Å². The lowest BCUT2D eigenvalue weighted by Crippen LogP contribution is -2.44. The fraction of sp³-hybridized carbons (Fsp3) is 0.940. The van der Waals surface area contributed by atoms with E-state index in [1.54, 1.807) is 0 Å². The van der Waals surface area contributed by atoms with Crippen molar-refractivity contribution in [1.82, 2.24) is 0 Å². The average Bonchev–Trinajstić information content (AvgIpc) is 3.18. The summed E-state index contributed by atoms with van der Waals surface area (Å²) in [5.41, 5.74) is -1.42. The van der Waals surface area contributed by atoms with Gasteiger partial charge in [-0.1, -0.05) is 252 Å². The van der Waals surface area contributed by atoms with E-state index in [1.807, 2.05) is 0 Å². The molecule has 0 fully saturated rings. The van der Waals surface area contributed by atoms with Crippen LogP contribution in [0.1, 0.15) is 284 Å². The summed E-state index contributed by atoms with van der Waals surface area (Å²) >= 11 is 0. The Morgan fingerprint density at radius 2 is 0.714 bits per heavy atom. The molecule has 0 aliphatic heterocycles. The fourth-order valence-electron chi connectivity index (χ4n) is 8.65. The van der Waals surface area contributed by atoms with Gasteiger partial charge in [0, 0.05) is 6.42 Å². The van der Waals surface area contributed by atoms with Crippen molar-refractivity contribution >= 4 is 17.9 Å². The van der Waals surface area contributed by atoms with Gasteiger partial charge in [-0.3, -0.25) is 14.4 Å². The molecule has 0 spiro atoms. The minimum absolute atomic E-state index is 0.0240. The zero-order chi connectivity index (χ0) is 41.2. The highest BCUT2D eigenvalue weighted by Gasteiger charge is 2.48. The van der Waals surface area contributed by atoms with Crippen LogP contribution in [0.15, 0.2) is 0 Å². The summed E-state index contributed by atoms with van der Waals surface area (Å²) in [7, 11) is 0. The molecule has 2 N–H and O–H groups in total. The van der Waals surface area contributed by atoms with Crippen molar-refractivity contribution in [2.24, 2.45) is 11.3 Å². The van der Waals surface area contributed by atoms with Gasteiger partial charge in [-0.05, 0) is 25.7 Å². The summed E-state index contributed by atoms with van der Waals surface area (Å²) < 4.78 is 5.61. The molecule has 332 valence electrons. The summed E-state index contributed by atoms with van der Waals surface area (Å²) in [6.07, 6.45) is 45.8. The Hall–Kier alpha value is -1.59. The van der Waals surface area contributed by atoms with Crippen molar-refractivity contribution in [3.8, 4) is 0 Å². The zero-order valence-corrected chi connectivity index (χ0v) is 37.8. The third-order valence-electron chi connectivity index (χ3n) is 12.5. The number of esters is 1. The monoisotopic (exact) mass is 793 g/mol. The molecule has 0 radical (unpaired) electrons. The maximum atomic E-state index is 13.1. The second-order valence-corrected chi connectivity index (χ2v) is 17.6. The minimum atomic E-state index is -1.42.